The van der Waals surface area contributed by atoms with E-state index in [1.807, 2.05) is 0 Å². The van der Waals surface area contributed by atoms with Crippen LogP contribution >= 0.6 is 0 Å². The second kappa shape index (κ2) is 59.7. The van der Waals surface area contributed by atoms with Gasteiger partial charge in [0.15, 0.2) is 0 Å². The summed E-state index contributed by atoms with van der Waals surface area (Å²) in [6, 6.07) is 0. The van der Waals surface area contributed by atoms with Crippen LogP contribution in [0.15, 0.2) is 0 Å². The zero-order valence-electron chi connectivity index (χ0n) is 39.0. The summed E-state index contributed by atoms with van der Waals surface area (Å²) >= 11 is 0. The fourth-order valence-corrected chi connectivity index (χ4v) is 4.44. The number of rotatable bonds is 59. The van der Waals surface area contributed by atoms with E-state index >= 15 is 0 Å². The molecule has 384 valence electrons. The first-order valence-corrected chi connectivity index (χ1v) is 22.7. The van der Waals surface area contributed by atoms with E-state index in [1.165, 1.54) is 6.92 Å². The summed E-state index contributed by atoms with van der Waals surface area (Å²) in [5, 5.41) is 2.66. The molecule has 0 aromatic rings. The standard InChI is InChI=1S/C42H86N2O20/c1-42(45)44-3-5-47-7-9-49-11-13-51-15-17-53-19-21-55-23-25-57-27-29-59-31-33-61-35-37-63-39-41-64-40-38-62-36-34-60-32-30-58-28-26-56-24-22-54-20-18-52-16-14-50-12-10-48-8-6-46-4-2-43/h2-41,43H2,1H3,(H,44,45). The third-order valence-corrected chi connectivity index (χ3v) is 7.58. The van der Waals surface area contributed by atoms with Gasteiger partial charge < -0.3 is 101 Å². The van der Waals surface area contributed by atoms with Crippen molar-refractivity contribution in [2.24, 2.45) is 5.73 Å². The lowest BCUT2D eigenvalue weighted by atomic mass is 10.6. The molecule has 0 fully saturated rings. The smallest absolute Gasteiger partial charge is 0.216 e. The second-order valence-electron chi connectivity index (χ2n) is 12.9. The number of hydrogen-bond acceptors (Lipinski definition) is 21. The van der Waals surface area contributed by atoms with Gasteiger partial charge in [-0.15, -0.1) is 0 Å². The van der Waals surface area contributed by atoms with Crippen molar-refractivity contribution in [3.05, 3.63) is 0 Å². The van der Waals surface area contributed by atoms with Gasteiger partial charge in [0.2, 0.25) is 5.91 Å². The zero-order chi connectivity index (χ0) is 46.0. The van der Waals surface area contributed by atoms with Crippen molar-refractivity contribution in [1.82, 2.24) is 5.32 Å². The number of hydrogen-bond donors (Lipinski definition) is 2. The minimum absolute atomic E-state index is 0.0657. The molecular formula is C42H86N2O20. The van der Waals surface area contributed by atoms with Crippen LogP contribution in [-0.2, 0) is 94.8 Å². The van der Waals surface area contributed by atoms with Gasteiger partial charge in [-0.25, -0.2) is 0 Å². The predicted octanol–water partition coefficient (Wildman–Crippen LogP) is -0.603. The molecule has 22 heteroatoms. The highest BCUT2D eigenvalue weighted by Gasteiger charge is 1.99. The van der Waals surface area contributed by atoms with Gasteiger partial charge in [-0.3, -0.25) is 4.79 Å². The topological polar surface area (TPSA) is 230 Å². The first-order chi connectivity index (χ1) is 31.8. The van der Waals surface area contributed by atoms with Crippen molar-refractivity contribution in [2.75, 3.05) is 264 Å². The van der Waals surface area contributed by atoms with Crippen molar-refractivity contribution in [2.45, 2.75) is 6.92 Å². The van der Waals surface area contributed by atoms with Gasteiger partial charge in [0.25, 0.3) is 0 Å². The number of nitrogens with one attached hydrogen (secondary N) is 1. The van der Waals surface area contributed by atoms with E-state index in [-0.39, 0.29) is 5.91 Å². The minimum atomic E-state index is -0.0657. The Kier molecular flexibility index (Phi) is 58.4. The van der Waals surface area contributed by atoms with Crippen LogP contribution in [0.4, 0.5) is 0 Å². The lowest BCUT2D eigenvalue weighted by molar-refractivity contribution is -0.119. The van der Waals surface area contributed by atoms with E-state index in [0.717, 1.165) is 0 Å². The average Bonchev–Trinajstić information content (AvgIpc) is 3.29. The maximum absolute atomic E-state index is 10.7. The molecule has 0 aliphatic carbocycles. The van der Waals surface area contributed by atoms with Crippen molar-refractivity contribution < 1.29 is 94.8 Å². The molecule has 22 nitrogen and oxygen atoms in total. The van der Waals surface area contributed by atoms with Crippen LogP contribution in [0.1, 0.15) is 6.92 Å². The molecule has 0 aliphatic heterocycles. The number of nitrogens with two attached hydrogens (primary N) is 1. The molecule has 0 saturated heterocycles. The lowest BCUT2D eigenvalue weighted by Crippen LogP contribution is -2.25. The summed E-state index contributed by atoms with van der Waals surface area (Å²) in [6.07, 6.45) is 0. The molecule has 3 N–H and O–H groups in total. The Balaban J connectivity index is 3.07. The van der Waals surface area contributed by atoms with E-state index < -0.39 is 0 Å². The monoisotopic (exact) mass is 939 g/mol. The molecule has 0 aliphatic rings. The van der Waals surface area contributed by atoms with Crippen LogP contribution in [0, 0.1) is 0 Å². The molecule has 0 heterocycles. The van der Waals surface area contributed by atoms with Crippen molar-refractivity contribution in [3.63, 3.8) is 0 Å². The molecule has 0 atom stereocenters. The Labute approximate surface area is 382 Å². The molecular weight excluding hydrogens is 852 g/mol. The quantitative estimate of drug-likeness (QED) is 0.0725. The Morgan fingerprint density at radius 3 is 0.500 bits per heavy atom. The normalized spacial score (nSPS) is 11.6. The van der Waals surface area contributed by atoms with E-state index in [2.05, 4.69) is 5.32 Å². The molecule has 64 heavy (non-hydrogen) atoms. The largest absolute Gasteiger partial charge is 0.378 e. The Hall–Kier alpha value is -1.33. The third-order valence-electron chi connectivity index (χ3n) is 7.58. The van der Waals surface area contributed by atoms with Gasteiger partial charge >= 0.3 is 0 Å². The van der Waals surface area contributed by atoms with Gasteiger partial charge in [0.1, 0.15) is 0 Å². The fourth-order valence-electron chi connectivity index (χ4n) is 4.44. The summed E-state index contributed by atoms with van der Waals surface area (Å²) < 4.78 is 104. The maximum Gasteiger partial charge on any atom is 0.216 e. The summed E-state index contributed by atoms with van der Waals surface area (Å²) in [4.78, 5) is 10.7. The molecule has 1 amide bonds. The fraction of sp³-hybridized carbons (Fsp3) is 0.976. The van der Waals surface area contributed by atoms with Gasteiger partial charge in [-0.05, 0) is 0 Å². The van der Waals surface area contributed by atoms with E-state index in [4.69, 9.17) is 95.7 Å². The van der Waals surface area contributed by atoms with E-state index in [9.17, 15) is 4.79 Å². The van der Waals surface area contributed by atoms with Gasteiger partial charge in [-0.2, -0.15) is 0 Å². The number of ether oxygens (including phenoxy) is 19. The molecule has 0 radical (unpaired) electrons. The SMILES string of the molecule is CC(=O)NCCOCCOCCOCCOCCOCCOCCOCCOCCOCCOCCOCCOCCOCCOCCOCCOCCOCCOCCOCCN. The van der Waals surface area contributed by atoms with E-state index in [1.54, 1.807) is 0 Å². The molecule has 0 aromatic carbocycles. The Morgan fingerprint density at radius 1 is 0.250 bits per heavy atom. The minimum Gasteiger partial charge on any atom is -0.378 e. The molecule has 0 unspecified atom stereocenters. The first kappa shape index (κ1) is 62.7. The van der Waals surface area contributed by atoms with Crippen LogP contribution in [0.25, 0.3) is 0 Å². The van der Waals surface area contributed by atoms with Crippen LogP contribution in [0.5, 0.6) is 0 Å². The molecule has 0 aromatic heterocycles. The summed E-state index contributed by atoms with van der Waals surface area (Å²) in [5.74, 6) is -0.0657. The number of amides is 1. The molecule has 0 bridgehead atoms. The van der Waals surface area contributed by atoms with Gasteiger partial charge in [0, 0.05) is 20.0 Å². The highest BCUT2D eigenvalue weighted by molar-refractivity contribution is 5.72. The predicted molar refractivity (Wildman–Crippen MR) is 233 cm³/mol. The van der Waals surface area contributed by atoms with Crippen LogP contribution in [-0.4, -0.2) is 270 Å². The summed E-state index contributed by atoms with van der Waals surface area (Å²) in [7, 11) is 0. The lowest BCUT2D eigenvalue weighted by Gasteiger charge is -2.09. The summed E-state index contributed by atoms with van der Waals surface area (Å²) in [6.45, 7) is 21.4. The number of carbonyl (C=O) groups excluding carboxylic acids is 1. The third kappa shape index (κ3) is 60.7. The van der Waals surface area contributed by atoms with Crippen molar-refractivity contribution >= 4 is 5.91 Å². The average molecular weight is 939 g/mol. The first-order valence-electron chi connectivity index (χ1n) is 22.7. The highest BCUT2D eigenvalue weighted by atomic mass is 16.6. The zero-order valence-corrected chi connectivity index (χ0v) is 39.0. The second-order valence-corrected chi connectivity index (χ2v) is 12.9. The Morgan fingerprint density at radius 2 is 0.375 bits per heavy atom. The Bertz CT molecular complexity index is 863. The molecule has 0 rings (SSSR count). The number of carbonyl (C=O) groups is 1. The van der Waals surface area contributed by atoms with Crippen LogP contribution < -0.4 is 11.1 Å². The molecule has 0 spiro atoms. The van der Waals surface area contributed by atoms with Gasteiger partial charge in [-0.1, -0.05) is 0 Å². The summed E-state index contributed by atoms with van der Waals surface area (Å²) in [5.41, 5.74) is 5.34. The van der Waals surface area contributed by atoms with Crippen molar-refractivity contribution in [1.29, 1.82) is 0 Å². The maximum atomic E-state index is 10.7. The van der Waals surface area contributed by atoms with E-state index in [0.29, 0.717) is 264 Å². The van der Waals surface area contributed by atoms with Crippen LogP contribution in [0.2, 0.25) is 0 Å². The van der Waals surface area contributed by atoms with Crippen molar-refractivity contribution in [3.8, 4) is 0 Å². The van der Waals surface area contributed by atoms with Crippen LogP contribution in [0.3, 0.4) is 0 Å². The highest BCUT2D eigenvalue weighted by Crippen LogP contribution is 1.89. The molecule has 0 saturated carbocycles. The van der Waals surface area contributed by atoms with Gasteiger partial charge in [0.05, 0.1) is 251 Å².